The zero-order valence-electron chi connectivity index (χ0n) is 13.1. The summed E-state index contributed by atoms with van der Waals surface area (Å²) in [5.74, 6) is -0.240. The fourth-order valence-corrected chi connectivity index (χ4v) is 4.73. The van der Waals surface area contributed by atoms with Gasteiger partial charge in [-0.2, -0.15) is 0 Å². The van der Waals surface area contributed by atoms with Gasteiger partial charge in [-0.15, -0.1) is 0 Å². The second kappa shape index (κ2) is 4.32. The molecule has 0 aromatic heterocycles. The SMILES string of the molecule is COC1(O[Si](C)(C)C(C)(C)C)CC12CCCCC2. The molecule has 1 spiro atoms. The molecule has 2 saturated carbocycles. The van der Waals surface area contributed by atoms with Gasteiger partial charge in [-0.3, -0.25) is 0 Å². The molecule has 1 unspecified atom stereocenters. The van der Waals surface area contributed by atoms with Crippen molar-refractivity contribution in [2.75, 3.05) is 7.11 Å². The van der Waals surface area contributed by atoms with E-state index in [1.165, 1.54) is 32.1 Å². The number of rotatable bonds is 3. The molecule has 3 heteroatoms. The summed E-state index contributed by atoms with van der Waals surface area (Å²) in [7, 11) is 0.110. The molecular formula is C15H30O2Si. The van der Waals surface area contributed by atoms with Crippen molar-refractivity contribution >= 4 is 8.32 Å². The predicted molar refractivity (Wildman–Crippen MR) is 78.2 cm³/mol. The maximum Gasteiger partial charge on any atom is 0.195 e. The summed E-state index contributed by atoms with van der Waals surface area (Å²) in [4.78, 5) is 0. The van der Waals surface area contributed by atoms with E-state index in [0.29, 0.717) is 5.41 Å². The van der Waals surface area contributed by atoms with Crippen LogP contribution in [0, 0.1) is 5.41 Å². The monoisotopic (exact) mass is 270 g/mol. The molecule has 2 aliphatic rings. The first-order chi connectivity index (χ1) is 8.18. The Morgan fingerprint density at radius 2 is 1.56 bits per heavy atom. The Hall–Kier alpha value is 0.137. The summed E-state index contributed by atoms with van der Waals surface area (Å²) >= 11 is 0. The molecule has 0 aromatic carbocycles. The van der Waals surface area contributed by atoms with Gasteiger partial charge in [0.1, 0.15) is 0 Å². The normalized spacial score (nSPS) is 31.7. The lowest BCUT2D eigenvalue weighted by molar-refractivity contribution is -0.125. The number of methoxy groups -OCH3 is 1. The molecule has 106 valence electrons. The van der Waals surface area contributed by atoms with Gasteiger partial charge in [-0.05, 0) is 31.0 Å². The van der Waals surface area contributed by atoms with Gasteiger partial charge in [0.2, 0.25) is 0 Å². The standard InChI is InChI=1S/C15H30O2Si/c1-13(2,3)18(5,6)17-15(16-4)12-14(15)10-8-7-9-11-14/h7-12H2,1-6H3. The van der Waals surface area contributed by atoms with Crippen molar-refractivity contribution < 1.29 is 9.16 Å². The average Bonchev–Trinajstić information content (AvgIpc) is 2.84. The largest absolute Gasteiger partial charge is 0.390 e. The van der Waals surface area contributed by atoms with Crippen LogP contribution in [0.3, 0.4) is 0 Å². The van der Waals surface area contributed by atoms with E-state index >= 15 is 0 Å². The Labute approximate surface area is 114 Å². The summed E-state index contributed by atoms with van der Waals surface area (Å²) in [5, 5.41) is 0.261. The molecular weight excluding hydrogens is 240 g/mol. The van der Waals surface area contributed by atoms with Gasteiger partial charge in [0, 0.05) is 18.9 Å². The maximum atomic E-state index is 6.66. The lowest BCUT2D eigenvalue weighted by Crippen LogP contribution is -2.47. The molecule has 0 radical (unpaired) electrons. The summed E-state index contributed by atoms with van der Waals surface area (Å²) in [5.41, 5.74) is 0.357. The highest BCUT2D eigenvalue weighted by Crippen LogP contribution is 2.68. The van der Waals surface area contributed by atoms with Gasteiger partial charge < -0.3 is 9.16 Å². The molecule has 0 amide bonds. The van der Waals surface area contributed by atoms with Crippen LogP contribution in [0.5, 0.6) is 0 Å². The first-order valence-electron chi connectivity index (χ1n) is 7.43. The maximum absolute atomic E-state index is 6.66. The van der Waals surface area contributed by atoms with Crippen molar-refractivity contribution in [3.8, 4) is 0 Å². The molecule has 0 N–H and O–H groups in total. The van der Waals surface area contributed by atoms with Crippen molar-refractivity contribution in [1.29, 1.82) is 0 Å². The molecule has 0 bridgehead atoms. The first-order valence-corrected chi connectivity index (χ1v) is 10.3. The van der Waals surface area contributed by atoms with E-state index in [2.05, 4.69) is 33.9 Å². The van der Waals surface area contributed by atoms with Crippen molar-refractivity contribution in [1.82, 2.24) is 0 Å². The minimum atomic E-state index is -1.73. The number of hydrogen-bond acceptors (Lipinski definition) is 2. The molecule has 2 rings (SSSR count). The Morgan fingerprint density at radius 1 is 1.00 bits per heavy atom. The molecule has 2 fully saturated rings. The molecule has 0 heterocycles. The zero-order valence-corrected chi connectivity index (χ0v) is 14.1. The number of hydrogen-bond donors (Lipinski definition) is 0. The third-order valence-corrected chi connectivity index (χ3v) is 10.1. The van der Waals surface area contributed by atoms with Crippen molar-refractivity contribution in [3.05, 3.63) is 0 Å². The molecule has 0 aliphatic heterocycles. The Bertz CT molecular complexity index is 313. The van der Waals surface area contributed by atoms with E-state index < -0.39 is 8.32 Å². The van der Waals surface area contributed by atoms with Crippen LogP contribution in [0.1, 0.15) is 59.3 Å². The predicted octanol–water partition coefficient (Wildman–Crippen LogP) is 4.71. The highest BCUT2D eigenvalue weighted by molar-refractivity contribution is 6.74. The third-order valence-electron chi connectivity index (χ3n) is 5.62. The summed E-state index contributed by atoms with van der Waals surface area (Å²) in [6.45, 7) is 11.6. The van der Waals surface area contributed by atoms with Crippen molar-refractivity contribution in [2.24, 2.45) is 5.41 Å². The van der Waals surface area contributed by atoms with Crippen molar-refractivity contribution in [2.45, 2.75) is 83.2 Å². The van der Waals surface area contributed by atoms with Gasteiger partial charge in [0.15, 0.2) is 14.1 Å². The minimum Gasteiger partial charge on any atom is -0.390 e. The number of ether oxygens (including phenoxy) is 1. The van der Waals surface area contributed by atoms with Gasteiger partial charge in [-0.25, -0.2) is 0 Å². The zero-order chi connectivity index (χ0) is 13.7. The Balaban J connectivity index is 2.12. The van der Waals surface area contributed by atoms with Crippen LogP contribution in [-0.4, -0.2) is 21.2 Å². The van der Waals surface area contributed by atoms with E-state index in [9.17, 15) is 0 Å². The van der Waals surface area contributed by atoms with Gasteiger partial charge in [0.05, 0.1) is 0 Å². The summed E-state index contributed by atoms with van der Waals surface area (Å²) in [6, 6.07) is 0. The second-order valence-corrected chi connectivity index (χ2v) is 12.6. The van der Waals surface area contributed by atoms with Gasteiger partial charge >= 0.3 is 0 Å². The van der Waals surface area contributed by atoms with E-state index in [-0.39, 0.29) is 10.8 Å². The Morgan fingerprint density at radius 3 is 2.00 bits per heavy atom. The van der Waals surface area contributed by atoms with Crippen LogP contribution in [0.15, 0.2) is 0 Å². The third kappa shape index (κ3) is 2.18. The average molecular weight is 270 g/mol. The molecule has 18 heavy (non-hydrogen) atoms. The molecule has 0 aromatic rings. The molecule has 0 saturated heterocycles. The quantitative estimate of drug-likeness (QED) is 0.546. The molecule has 2 nitrogen and oxygen atoms in total. The first kappa shape index (κ1) is 14.5. The highest BCUT2D eigenvalue weighted by Gasteiger charge is 2.71. The topological polar surface area (TPSA) is 18.5 Å². The molecule has 1 atom stereocenters. The van der Waals surface area contributed by atoms with Gasteiger partial charge in [0.25, 0.3) is 0 Å². The van der Waals surface area contributed by atoms with Gasteiger partial charge in [-0.1, -0.05) is 40.0 Å². The van der Waals surface area contributed by atoms with Crippen molar-refractivity contribution in [3.63, 3.8) is 0 Å². The smallest absolute Gasteiger partial charge is 0.195 e. The van der Waals surface area contributed by atoms with E-state index in [1.54, 1.807) is 0 Å². The van der Waals surface area contributed by atoms with E-state index in [0.717, 1.165) is 6.42 Å². The summed E-state index contributed by atoms with van der Waals surface area (Å²) in [6.07, 6.45) is 7.83. The lowest BCUT2D eigenvalue weighted by atomic mass is 9.85. The Kier molecular flexibility index (Phi) is 3.49. The highest BCUT2D eigenvalue weighted by atomic mass is 28.4. The van der Waals surface area contributed by atoms with Crippen LogP contribution < -0.4 is 0 Å². The second-order valence-electron chi connectivity index (χ2n) is 7.84. The lowest BCUT2D eigenvalue weighted by Gasteiger charge is -2.41. The fraction of sp³-hybridized carbons (Fsp3) is 1.00. The van der Waals surface area contributed by atoms with Crippen LogP contribution in [-0.2, 0) is 9.16 Å². The van der Waals surface area contributed by atoms with E-state index in [4.69, 9.17) is 9.16 Å². The molecule has 2 aliphatic carbocycles. The van der Waals surface area contributed by atoms with Crippen LogP contribution in [0.2, 0.25) is 18.1 Å². The van der Waals surface area contributed by atoms with Crippen LogP contribution >= 0.6 is 0 Å². The van der Waals surface area contributed by atoms with Crippen LogP contribution in [0.25, 0.3) is 0 Å². The van der Waals surface area contributed by atoms with Crippen LogP contribution in [0.4, 0.5) is 0 Å². The summed E-state index contributed by atoms with van der Waals surface area (Å²) < 4.78 is 12.5. The van der Waals surface area contributed by atoms with E-state index in [1.807, 2.05) is 7.11 Å². The minimum absolute atomic E-state index is 0.240. The fourth-order valence-electron chi connectivity index (χ4n) is 3.23.